The molecule has 2 aromatic rings. The van der Waals surface area contributed by atoms with Crippen LogP contribution in [-0.2, 0) is 6.54 Å². The van der Waals surface area contributed by atoms with Crippen LogP contribution in [-0.4, -0.2) is 67.3 Å². The number of H-pyrrole nitrogens is 2. The molecule has 2 atom stereocenters. The van der Waals surface area contributed by atoms with Gasteiger partial charge in [-0.2, -0.15) is 0 Å². The smallest absolute Gasteiger partial charge is 0.325 e. The van der Waals surface area contributed by atoms with E-state index in [9.17, 15) is 24.6 Å². The van der Waals surface area contributed by atoms with Gasteiger partial charge in [0, 0.05) is 43.3 Å². The summed E-state index contributed by atoms with van der Waals surface area (Å²) in [6.07, 6.45) is 0.448. The minimum absolute atomic E-state index is 0.0996. The van der Waals surface area contributed by atoms with E-state index in [2.05, 4.69) is 20.3 Å². The lowest BCUT2D eigenvalue weighted by molar-refractivity contribution is -0.117. The minimum atomic E-state index is -1.46. The average Bonchev–Trinajstić information content (AvgIpc) is 3.13. The Morgan fingerprint density at radius 1 is 1.50 bits per heavy atom. The molecule has 11 heteroatoms. The number of hydrogen-bond acceptors (Lipinski definition) is 8. The molecule has 1 aliphatic rings. The molecule has 1 fully saturated rings. The number of carbonyl (C=O) groups is 1. The Labute approximate surface area is 151 Å². The zero-order chi connectivity index (χ0) is 18.7. The number of β-amino-alcohol motifs (C(OH)–C–C–N with tert-alkyl or cyclic N) is 1. The Morgan fingerprint density at radius 3 is 2.96 bits per heavy atom. The molecule has 0 aromatic carbocycles. The summed E-state index contributed by atoms with van der Waals surface area (Å²) < 4.78 is 0. The van der Waals surface area contributed by atoms with Crippen LogP contribution in [0.4, 0.5) is 0 Å². The number of aromatic amines is 2. The van der Waals surface area contributed by atoms with Crippen molar-refractivity contribution in [1.82, 2.24) is 25.2 Å². The van der Waals surface area contributed by atoms with Gasteiger partial charge in [-0.05, 0) is 6.42 Å². The van der Waals surface area contributed by atoms with Crippen LogP contribution in [0.25, 0.3) is 0 Å². The third-order valence-electron chi connectivity index (χ3n) is 4.42. The number of rotatable bonds is 5. The highest BCUT2D eigenvalue weighted by molar-refractivity contribution is 7.07. The summed E-state index contributed by atoms with van der Waals surface area (Å²) in [6, 6.07) is 0. The highest BCUT2D eigenvalue weighted by Gasteiger charge is 2.41. The van der Waals surface area contributed by atoms with Crippen molar-refractivity contribution in [1.29, 1.82) is 0 Å². The summed E-state index contributed by atoms with van der Waals surface area (Å²) in [6.45, 7) is 0.669. The molecule has 1 amide bonds. The molecule has 3 rings (SSSR count). The number of nitrogens with one attached hydrogen (secondary N) is 3. The number of thiazole rings is 1. The van der Waals surface area contributed by atoms with E-state index in [-0.39, 0.29) is 31.7 Å². The summed E-state index contributed by atoms with van der Waals surface area (Å²) in [4.78, 5) is 45.0. The van der Waals surface area contributed by atoms with Crippen molar-refractivity contribution in [2.75, 3.05) is 19.6 Å². The SMILES string of the molecule is O=C(NC[C@@]1(O)CCN(Cc2c[nH]c(=O)[nH]c2=O)C[C@@H]1O)c1cscn1. The fraction of sp³-hybridized carbons (Fsp3) is 0.467. The lowest BCUT2D eigenvalue weighted by Crippen LogP contribution is -2.60. The summed E-state index contributed by atoms with van der Waals surface area (Å²) in [5.74, 6) is -0.408. The van der Waals surface area contributed by atoms with Gasteiger partial charge >= 0.3 is 5.69 Å². The van der Waals surface area contributed by atoms with E-state index in [1.54, 1.807) is 10.3 Å². The molecular formula is C15H19N5O5S. The molecule has 140 valence electrons. The Hall–Kier alpha value is -2.34. The van der Waals surface area contributed by atoms with Crippen molar-refractivity contribution in [3.63, 3.8) is 0 Å². The minimum Gasteiger partial charge on any atom is -0.389 e. The molecule has 1 aliphatic heterocycles. The number of likely N-dealkylation sites (tertiary alicyclic amines) is 1. The van der Waals surface area contributed by atoms with Gasteiger partial charge in [-0.3, -0.25) is 19.5 Å². The first kappa shape index (κ1) is 18.5. The predicted octanol–water partition coefficient (Wildman–Crippen LogP) is -1.75. The lowest BCUT2D eigenvalue weighted by Gasteiger charge is -2.42. The van der Waals surface area contributed by atoms with Gasteiger partial charge in [0.25, 0.3) is 11.5 Å². The van der Waals surface area contributed by atoms with Gasteiger partial charge in [-0.1, -0.05) is 0 Å². The van der Waals surface area contributed by atoms with Gasteiger partial charge in [-0.15, -0.1) is 11.3 Å². The first-order valence-corrected chi connectivity index (χ1v) is 8.92. The quantitative estimate of drug-likeness (QED) is 0.412. The van der Waals surface area contributed by atoms with Crippen LogP contribution in [0.5, 0.6) is 0 Å². The number of hydrogen-bond donors (Lipinski definition) is 5. The summed E-state index contributed by atoms with van der Waals surface area (Å²) >= 11 is 1.29. The molecule has 10 nitrogen and oxygen atoms in total. The molecule has 2 aromatic heterocycles. The monoisotopic (exact) mass is 381 g/mol. The number of aromatic nitrogens is 3. The molecule has 5 N–H and O–H groups in total. The first-order chi connectivity index (χ1) is 12.4. The molecule has 0 aliphatic carbocycles. The van der Waals surface area contributed by atoms with Crippen LogP contribution in [0, 0.1) is 0 Å². The summed E-state index contributed by atoms with van der Waals surface area (Å²) in [7, 11) is 0. The fourth-order valence-corrected chi connectivity index (χ4v) is 3.35. The largest absolute Gasteiger partial charge is 0.389 e. The Bertz CT molecular complexity index is 879. The van der Waals surface area contributed by atoms with E-state index in [4.69, 9.17) is 0 Å². The van der Waals surface area contributed by atoms with Gasteiger partial charge in [0.15, 0.2) is 0 Å². The van der Waals surface area contributed by atoms with E-state index in [1.165, 1.54) is 23.0 Å². The highest BCUT2D eigenvalue weighted by Crippen LogP contribution is 2.23. The molecule has 0 bridgehead atoms. The van der Waals surface area contributed by atoms with E-state index >= 15 is 0 Å². The highest BCUT2D eigenvalue weighted by atomic mass is 32.1. The molecule has 1 saturated heterocycles. The maximum atomic E-state index is 11.9. The van der Waals surface area contributed by atoms with Gasteiger partial charge in [0.1, 0.15) is 11.3 Å². The normalized spacial score (nSPS) is 23.7. The summed E-state index contributed by atoms with van der Waals surface area (Å²) in [5, 5.41) is 25.2. The third kappa shape index (κ3) is 4.07. The van der Waals surface area contributed by atoms with E-state index in [1.807, 2.05) is 0 Å². The van der Waals surface area contributed by atoms with Crippen molar-refractivity contribution in [2.24, 2.45) is 0 Å². The van der Waals surface area contributed by atoms with Crippen LogP contribution >= 0.6 is 11.3 Å². The van der Waals surface area contributed by atoms with Gasteiger partial charge < -0.3 is 20.5 Å². The van der Waals surface area contributed by atoms with Crippen molar-refractivity contribution >= 4 is 17.2 Å². The molecule has 0 radical (unpaired) electrons. The van der Waals surface area contributed by atoms with E-state index in [0.29, 0.717) is 12.1 Å². The van der Waals surface area contributed by atoms with Crippen molar-refractivity contribution < 1.29 is 15.0 Å². The molecule has 0 saturated carbocycles. The summed E-state index contributed by atoms with van der Waals surface area (Å²) in [5.41, 5.74) is -0.362. The maximum absolute atomic E-state index is 11.9. The number of aliphatic hydroxyl groups excluding tert-OH is 1. The molecule has 0 spiro atoms. The van der Waals surface area contributed by atoms with Crippen molar-refractivity contribution in [2.45, 2.75) is 24.7 Å². The Kier molecular flexibility index (Phi) is 5.32. The van der Waals surface area contributed by atoms with Gasteiger partial charge in [0.2, 0.25) is 0 Å². The second-order valence-corrected chi connectivity index (χ2v) is 6.98. The number of carbonyl (C=O) groups excluding carboxylic acids is 1. The van der Waals surface area contributed by atoms with E-state index < -0.39 is 28.9 Å². The molecule has 3 heterocycles. The number of nitrogens with zero attached hydrogens (tertiary/aromatic N) is 2. The zero-order valence-corrected chi connectivity index (χ0v) is 14.6. The van der Waals surface area contributed by atoms with Crippen molar-refractivity contribution in [3.8, 4) is 0 Å². The fourth-order valence-electron chi connectivity index (χ4n) is 2.82. The number of aliphatic hydroxyl groups is 2. The Morgan fingerprint density at radius 2 is 2.31 bits per heavy atom. The second kappa shape index (κ2) is 7.50. The second-order valence-electron chi connectivity index (χ2n) is 6.26. The molecule has 0 unspecified atom stereocenters. The number of amides is 1. The van der Waals surface area contributed by atoms with Gasteiger partial charge in [0.05, 0.1) is 11.6 Å². The zero-order valence-electron chi connectivity index (χ0n) is 13.8. The third-order valence-corrected chi connectivity index (χ3v) is 5.01. The van der Waals surface area contributed by atoms with Crippen LogP contribution in [0.3, 0.4) is 0 Å². The van der Waals surface area contributed by atoms with Crippen LogP contribution in [0.2, 0.25) is 0 Å². The molecular weight excluding hydrogens is 362 g/mol. The molecule has 26 heavy (non-hydrogen) atoms. The standard InChI is InChI=1S/C15H19N5O5S/c21-11-5-20(4-9-3-16-14(24)19-12(9)22)2-1-15(11,25)7-17-13(23)10-6-26-8-18-10/h3,6,8,11,21,25H,1-2,4-5,7H2,(H,17,23)(H2,16,19,22,24)/t11-,15-/m0/s1. The van der Waals surface area contributed by atoms with Crippen molar-refractivity contribution in [3.05, 3.63) is 49.2 Å². The average molecular weight is 381 g/mol. The van der Waals surface area contributed by atoms with E-state index in [0.717, 1.165) is 0 Å². The maximum Gasteiger partial charge on any atom is 0.325 e. The Balaban J connectivity index is 1.57. The lowest BCUT2D eigenvalue weighted by atomic mass is 9.88. The van der Waals surface area contributed by atoms with Gasteiger partial charge in [-0.25, -0.2) is 9.78 Å². The first-order valence-electron chi connectivity index (χ1n) is 7.97. The van der Waals surface area contributed by atoms with Crippen LogP contribution in [0.15, 0.2) is 26.7 Å². The predicted molar refractivity (Wildman–Crippen MR) is 93.0 cm³/mol. The number of piperidine rings is 1. The topological polar surface area (TPSA) is 151 Å². The van der Waals surface area contributed by atoms with Crippen LogP contribution < -0.4 is 16.6 Å². The van der Waals surface area contributed by atoms with Crippen LogP contribution in [0.1, 0.15) is 22.5 Å².